The highest BCUT2D eigenvalue weighted by Crippen LogP contribution is 2.35. The Labute approximate surface area is 202 Å². The fourth-order valence-electron chi connectivity index (χ4n) is 3.55. The zero-order valence-electron chi connectivity index (χ0n) is 20.9. The van der Waals surface area contributed by atoms with E-state index in [2.05, 4.69) is 58.2 Å². The molecule has 3 rings (SSSR count). The molecule has 3 aromatic rings. The van der Waals surface area contributed by atoms with Crippen molar-refractivity contribution in [3.63, 3.8) is 0 Å². The normalized spacial score (nSPS) is 11.6. The molecule has 2 N–H and O–H groups in total. The second-order valence-electron chi connectivity index (χ2n) is 10.4. The fourth-order valence-corrected chi connectivity index (χ4v) is 3.55. The van der Waals surface area contributed by atoms with E-state index in [4.69, 9.17) is 4.74 Å². The molecule has 3 aromatic carbocycles. The lowest BCUT2D eigenvalue weighted by Crippen LogP contribution is -2.24. The highest BCUT2D eigenvalue weighted by Gasteiger charge is 2.23. The van der Waals surface area contributed by atoms with E-state index in [1.165, 1.54) is 5.56 Å². The maximum atomic E-state index is 12.8. The van der Waals surface area contributed by atoms with Crippen LogP contribution >= 0.6 is 0 Å². The number of carbonyl (C=O) groups is 2. The molecule has 0 saturated heterocycles. The van der Waals surface area contributed by atoms with Gasteiger partial charge in [0, 0.05) is 5.69 Å². The molecule has 178 valence electrons. The average Bonchev–Trinajstić information content (AvgIpc) is 2.77. The first kappa shape index (κ1) is 25.0. The minimum Gasteiger partial charge on any atom is -0.483 e. The van der Waals surface area contributed by atoms with E-state index in [1.807, 2.05) is 42.5 Å². The summed E-state index contributed by atoms with van der Waals surface area (Å²) in [6, 6.07) is 22.3. The summed E-state index contributed by atoms with van der Waals surface area (Å²) in [5, 5.41) is 5.67. The largest absolute Gasteiger partial charge is 0.483 e. The van der Waals surface area contributed by atoms with E-state index in [0.717, 1.165) is 5.56 Å². The molecule has 0 spiro atoms. The minimum atomic E-state index is -0.334. The molecule has 0 radical (unpaired) electrons. The van der Waals surface area contributed by atoms with Gasteiger partial charge < -0.3 is 15.4 Å². The van der Waals surface area contributed by atoms with Gasteiger partial charge >= 0.3 is 0 Å². The van der Waals surface area contributed by atoms with Crippen molar-refractivity contribution in [2.45, 2.75) is 52.4 Å². The molecular formula is C29H34N2O3. The van der Waals surface area contributed by atoms with E-state index in [1.54, 1.807) is 24.3 Å². The number of anilines is 2. The maximum Gasteiger partial charge on any atom is 0.262 e. The van der Waals surface area contributed by atoms with Crippen LogP contribution in [0.25, 0.3) is 0 Å². The Balaban J connectivity index is 1.72. The highest BCUT2D eigenvalue weighted by atomic mass is 16.5. The number of amides is 2. The second kappa shape index (κ2) is 10.1. The second-order valence-corrected chi connectivity index (χ2v) is 10.4. The summed E-state index contributed by atoms with van der Waals surface area (Å²) >= 11 is 0. The molecule has 0 bridgehead atoms. The maximum absolute atomic E-state index is 12.8. The third-order valence-electron chi connectivity index (χ3n) is 5.49. The number of ether oxygens (including phenoxy) is 1. The van der Waals surface area contributed by atoms with Gasteiger partial charge in [0.15, 0.2) is 6.61 Å². The number of rotatable bonds is 6. The van der Waals surface area contributed by atoms with Gasteiger partial charge in [0.25, 0.3) is 11.8 Å². The Bertz CT molecular complexity index is 1160. The lowest BCUT2D eigenvalue weighted by molar-refractivity contribution is -0.118. The molecular weight excluding hydrogens is 424 g/mol. The SMILES string of the molecule is CC(C)(C)c1ccc(OCC(=O)Nc2ccccc2C(=O)Nc2ccccc2)c(C(C)(C)C)c1. The van der Waals surface area contributed by atoms with Crippen molar-refractivity contribution < 1.29 is 14.3 Å². The van der Waals surface area contributed by atoms with Crippen molar-refractivity contribution in [3.8, 4) is 5.75 Å². The molecule has 0 fully saturated rings. The van der Waals surface area contributed by atoms with Crippen LogP contribution in [-0.2, 0) is 15.6 Å². The van der Waals surface area contributed by atoms with Gasteiger partial charge in [-0.2, -0.15) is 0 Å². The van der Waals surface area contributed by atoms with Gasteiger partial charge in [0.05, 0.1) is 11.3 Å². The van der Waals surface area contributed by atoms with Crippen LogP contribution in [0.2, 0.25) is 0 Å². The summed E-state index contributed by atoms with van der Waals surface area (Å²) in [6.07, 6.45) is 0. The molecule has 0 saturated carbocycles. The number of hydrogen-bond donors (Lipinski definition) is 2. The van der Waals surface area contributed by atoms with Gasteiger partial charge in [-0.25, -0.2) is 0 Å². The molecule has 5 nitrogen and oxygen atoms in total. The van der Waals surface area contributed by atoms with Gasteiger partial charge in [-0.15, -0.1) is 0 Å². The lowest BCUT2D eigenvalue weighted by atomic mass is 9.80. The summed E-state index contributed by atoms with van der Waals surface area (Å²) in [4.78, 5) is 25.5. The molecule has 0 aromatic heterocycles. The summed E-state index contributed by atoms with van der Waals surface area (Å²) in [5.74, 6) is 0.0567. The molecule has 0 aliphatic heterocycles. The molecule has 0 heterocycles. The van der Waals surface area contributed by atoms with E-state index in [0.29, 0.717) is 22.7 Å². The molecule has 0 aliphatic carbocycles. The predicted octanol–water partition coefficient (Wildman–Crippen LogP) is 6.55. The van der Waals surface area contributed by atoms with E-state index < -0.39 is 0 Å². The zero-order chi connectivity index (χ0) is 24.9. The predicted molar refractivity (Wildman–Crippen MR) is 139 cm³/mol. The van der Waals surface area contributed by atoms with Crippen LogP contribution in [0, 0.1) is 0 Å². The fraction of sp³-hybridized carbons (Fsp3) is 0.310. The summed E-state index contributed by atoms with van der Waals surface area (Å²) in [5.41, 5.74) is 3.64. The van der Waals surface area contributed by atoms with Gasteiger partial charge in [-0.1, -0.05) is 84.0 Å². The van der Waals surface area contributed by atoms with Crippen LogP contribution in [-0.4, -0.2) is 18.4 Å². The Morgan fingerprint density at radius 1 is 0.765 bits per heavy atom. The highest BCUT2D eigenvalue weighted by molar-refractivity contribution is 6.10. The smallest absolute Gasteiger partial charge is 0.262 e. The Morgan fingerprint density at radius 3 is 2.06 bits per heavy atom. The van der Waals surface area contributed by atoms with Crippen LogP contribution in [0.4, 0.5) is 11.4 Å². The number of para-hydroxylation sites is 2. The summed E-state index contributed by atoms with van der Waals surface area (Å²) in [6.45, 7) is 12.7. The first-order chi connectivity index (χ1) is 15.9. The third-order valence-corrected chi connectivity index (χ3v) is 5.49. The molecule has 5 heteroatoms. The van der Waals surface area contributed by atoms with Crippen LogP contribution in [0.5, 0.6) is 5.75 Å². The van der Waals surface area contributed by atoms with Gasteiger partial charge in [0.1, 0.15) is 5.75 Å². The Morgan fingerprint density at radius 2 is 1.41 bits per heavy atom. The third kappa shape index (κ3) is 6.47. The number of nitrogens with one attached hydrogen (secondary N) is 2. The summed E-state index contributed by atoms with van der Waals surface area (Å²) < 4.78 is 5.95. The Kier molecular flexibility index (Phi) is 7.45. The van der Waals surface area contributed by atoms with Crippen LogP contribution in [0.15, 0.2) is 72.8 Å². The molecule has 34 heavy (non-hydrogen) atoms. The molecule has 0 aliphatic rings. The Hall–Kier alpha value is -3.60. The van der Waals surface area contributed by atoms with E-state index in [9.17, 15) is 9.59 Å². The quantitative estimate of drug-likeness (QED) is 0.440. The van der Waals surface area contributed by atoms with E-state index >= 15 is 0 Å². The van der Waals surface area contributed by atoms with Crippen molar-refractivity contribution >= 4 is 23.2 Å². The topological polar surface area (TPSA) is 67.4 Å². The monoisotopic (exact) mass is 458 g/mol. The number of hydrogen-bond acceptors (Lipinski definition) is 3. The van der Waals surface area contributed by atoms with Crippen molar-refractivity contribution in [1.82, 2.24) is 0 Å². The molecule has 2 amide bonds. The van der Waals surface area contributed by atoms with Crippen molar-refractivity contribution in [1.29, 1.82) is 0 Å². The standard InChI is InChI=1S/C29H34N2O3/c1-28(2,3)20-16-17-25(23(18-20)29(4,5)6)34-19-26(32)31-24-15-11-10-14-22(24)27(33)30-21-12-8-7-9-13-21/h7-18H,19H2,1-6H3,(H,30,33)(H,31,32). The number of benzene rings is 3. The minimum absolute atomic E-state index is 0.0138. The van der Waals surface area contributed by atoms with Crippen molar-refractivity contribution in [2.24, 2.45) is 0 Å². The van der Waals surface area contributed by atoms with Gasteiger partial charge in [-0.3, -0.25) is 9.59 Å². The average molecular weight is 459 g/mol. The molecule has 0 atom stereocenters. The number of carbonyl (C=O) groups excluding carboxylic acids is 2. The summed E-state index contributed by atoms with van der Waals surface area (Å²) in [7, 11) is 0. The first-order valence-electron chi connectivity index (χ1n) is 11.5. The van der Waals surface area contributed by atoms with Crippen LogP contribution in [0.3, 0.4) is 0 Å². The van der Waals surface area contributed by atoms with Crippen molar-refractivity contribution in [3.05, 3.63) is 89.5 Å². The van der Waals surface area contributed by atoms with Crippen LogP contribution in [0.1, 0.15) is 63.0 Å². The van der Waals surface area contributed by atoms with Gasteiger partial charge in [-0.05, 0) is 52.3 Å². The van der Waals surface area contributed by atoms with Crippen LogP contribution < -0.4 is 15.4 Å². The molecule has 0 unspecified atom stereocenters. The van der Waals surface area contributed by atoms with E-state index in [-0.39, 0.29) is 29.3 Å². The van der Waals surface area contributed by atoms with Crippen molar-refractivity contribution in [2.75, 3.05) is 17.2 Å². The zero-order valence-corrected chi connectivity index (χ0v) is 20.9. The first-order valence-corrected chi connectivity index (χ1v) is 11.5. The lowest BCUT2D eigenvalue weighted by Gasteiger charge is -2.27. The van der Waals surface area contributed by atoms with Gasteiger partial charge in [0.2, 0.25) is 0 Å².